The number of para-hydroxylation sites is 4. The Kier molecular flexibility index (Phi) is 5.95. The number of benzene rings is 3. The quantitative estimate of drug-likeness (QED) is 0.356. The zero-order chi connectivity index (χ0) is 25.9. The first-order chi connectivity index (χ1) is 17.8. The molecule has 1 heterocycles. The third kappa shape index (κ3) is 3.99. The SMILES string of the molecule is Cc1cc(C)cc(C2=CC=C[C@@H]3C([Si](C)(C)N4c5ccccc5Nc5ccccc54)[C@H](C(C)C)C[C@H]23)c1. The predicted octanol–water partition coefficient (Wildman–Crippen LogP) is 9.64. The number of anilines is 4. The van der Waals surface area contributed by atoms with E-state index in [9.17, 15) is 0 Å². The summed E-state index contributed by atoms with van der Waals surface area (Å²) in [5.74, 6) is 2.51. The van der Waals surface area contributed by atoms with Gasteiger partial charge in [0, 0.05) is 0 Å². The molecule has 3 aromatic carbocycles. The Morgan fingerprint density at radius 3 is 2.05 bits per heavy atom. The van der Waals surface area contributed by atoms with Crippen molar-refractivity contribution in [3.8, 4) is 0 Å². The molecule has 37 heavy (non-hydrogen) atoms. The van der Waals surface area contributed by atoms with Gasteiger partial charge in [-0.25, -0.2) is 0 Å². The molecule has 0 aromatic heterocycles. The van der Waals surface area contributed by atoms with Crippen LogP contribution in [0.15, 0.2) is 85.0 Å². The molecule has 1 saturated carbocycles. The number of rotatable bonds is 4. The Hall–Kier alpha value is -3.04. The summed E-state index contributed by atoms with van der Waals surface area (Å²) < 4.78 is 2.79. The van der Waals surface area contributed by atoms with Gasteiger partial charge in [-0.15, -0.1) is 0 Å². The fourth-order valence-electron chi connectivity index (χ4n) is 7.86. The van der Waals surface area contributed by atoms with Gasteiger partial charge >= 0.3 is 0 Å². The lowest BCUT2D eigenvalue weighted by atomic mass is 9.80. The molecule has 0 spiro atoms. The minimum atomic E-state index is -2.04. The van der Waals surface area contributed by atoms with Crippen molar-refractivity contribution in [2.45, 2.75) is 52.8 Å². The second-order valence-corrected chi connectivity index (χ2v) is 16.8. The van der Waals surface area contributed by atoms with E-state index in [-0.39, 0.29) is 0 Å². The Balaban J connectivity index is 1.46. The van der Waals surface area contributed by atoms with Crippen LogP contribution < -0.4 is 9.88 Å². The third-order valence-corrected chi connectivity index (χ3v) is 13.3. The number of hydrogen-bond acceptors (Lipinski definition) is 2. The number of nitrogens with one attached hydrogen (secondary N) is 1. The van der Waals surface area contributed by atoms with Crippen LogP contribution in [0.25, 0.3) is 5.57 Å². The lowest BCUT2D eigenvalue weighted by Gasteiger charge is -2.50. The summed E-state index contributed by atoms with van der Waals surface area (Å²) >= 11 is 0. The van der Waals surface area contributed by atoms with E-state index in [0.29, 0.717) is 29.2 Å². The summed E-state index contributed by atoms with van der Waals surface area (Å²) in [4.78, 5) is 0. The summed E-state index contributed by atoms with van der Waals surface area (Å²) in [6, 6.07) is 24.9. The highest BCUT2D eigenvalue weighted by atomic mass is 28.3. The van der Waals surface area contributed by atoms with E-state index in [1.54, 1.807) is 5.57 Å². The van der Waals surface area contributed by atoms with Gasteiger partial charge in [0.1, 0.15) is 0 Å². The van der Waals surface area contributed by atoms with Gasteiger partial charge < -0.3 is 9.88 Å². The van der Waals surface area contributed by atoms with E-state index in [1.165, 1.54) is 45.9 Å². The number of fused-ring (bicyclic) bond motifs is 3. The van der Waals surface area contributed by atoms with Crippen molar-refractivity contribution in [1.29, 1.82) is 0 Å². The molecule has 1 fully saturated rings. The van der Waals surface area contributed by atoms with E-state index in [2.05, 4.69) is 136 Å². The third-order valence-electron chi connectivity index (χ3n) is 9.24. The molecule has 2 aliphatic carbocycles. The maximum absolute atomic E-state index is 3.72. The molecule has 1 aliphatic heterocycles. The molecule has 3 aromatic rings. The van der Waals surface area contributed by atoms with Crippen LogP contribution >= 0.6 is 0 Å². The van der Waals surface area contributed by atoms with E-state index in [1.807, 2.05) is 0 Å². The Bertz CT molecular complexity index is 1330. The smallest absolute Gasteiger partial charge is 0.160 e. The first-order valence-electron chi connectivity index (χ1n) is 14.0. The zero-order valence-electron chi connectivity index (χ0n) is 23.1. The number of nitrogens with zero attached hydrogens (tertiary/aromatic N) is 1. The Morgan fingerprint density at radius 1 is 0.865 bits per heavy atom. The standard InChI is InChI=1S/C34H40N2Si/c1-22(2)28-21-29-26(25-19-23(3)18-24(4)20-25)12-11-13-27(29)34(28)37(5,6)36-32-16-9-7-14-30(32)35-31-15-8-10-17-33(31)36/h7-20,22,27-29,34-35H,21H2,1-6H3/t27-,28-,29+,34?/m0/s1. The molecule has 1 unspecified atom stereocenters. The van der Waals surface area contributed by atoms with Crippen LogP contribution in [0, 0.1) is 37.5 Å². The van der Waals surface area contributed by atoms with Crippen LogP contribution in [0.5, 0.6) is 0 Å². The normalized spacial score (nSPS) is 24.3. The molecule has 1 N–H and O–H groups in total. The van der Waals surface area contributed by atoms with Gasteiger partial charge in [0.25, 0.3) is 0 Å². The van der Waals surface area contributed by atoms with Crippen molar-refractivity contribution < 1.29 is 0 Å². The second-order valence-electron chi connectivity index (χ2n) is 12.4. The van der Waals surface area contributed by atoms with Gasteiger partial charge in [0.15, 0.2) is 8.24 Å². The van der Waals surface area contributed by atoms with E-state index in [4.69, 9.17) is 0 Å². The van der Waals surface area contributed by atoms with Crippen molar-refractivity contribution in [3.05, 3.63) is 102 Å². The Labute approximate surface area is 224 Å². The van der Waals surface area contributed by atoms with Crippen molar-refractivity contribution in [1.82, 2.24) is 0 Å². The van der Waals surface area contributed by atoms with Crippen LogP contribution in [0.3, 0.4) is 0 Å². The highest BCUT2D eigenvalue weighted by molar-refractivity contribution is 6.84. The van der Waals surface area contributed by atoms with Gasteiger partial charge in [-0.3, -0.25) is 0 Å². The average molecular weight is 505 g/mol. The minimum Gasteiger partial charge on any atom is -0.366 e. The summed E-state index contributed by atoms with van der Waals surface area (Å²) in [5.41, 5.74) is 11.5. The first-order valence-corrected chi connectivity index (χ1v) is 17.0. The molecule has 3 heteroatoms. The monoisotopic (exact) mass is 504 g/mol. The van der Waals surface area contributed by atoms with Crippen LogP contribution in [-0.4, -0.2) is 8.24 Å². The molecule has 0 amide bonds. The topological polar surface area (TPSA) is 15.3 Å². The highest BCUT2D eigenvalue weighted by Crippen LogP contribution is 2.61. The molecule has 190 valence electrons. The second kappa shape index (κ2) is 9.06. The molecule has 0 saturated heterocycles. The van der Waals surface area contributed by atoms with Gasteiger partial charge in [0.05, 0.1) is 22.7 Å². The van der Waals surface area contributed by atoms with Crippen molar-refractivity contribution in [2.24, 2.45) is 23.7 Å². The largest absolute Gasteiger partial charge is 0.366 e. The van der Waals surface area contributed by atoms with Gasteiger partial charge in [-0.05, 0) is 84.9 Å². The lowest BCUT2D eigenvalue weighted by Crippen LogP contribution is -2.54. The van der Waals surface area contributed by atoms with E-state index >= 15 is 0 Å². The van der Waals surface area contributed by atoms with Crippen molar-refractivity contribution >= 4 is 36.6 Å². The molecular weight excluding hydrogens is 464 g/mol. The number of aryl methyl sites for hydroxylation is 2. The maximum atomic E-state index is 3.72. The number of allylic oxidation sites excluding steroid dienone is 4. The zero-order valence-corrected chi connectivity index (χ0v) is 24.1. The fourth-order valence-corrected chi connectivity index (χ4v) is 12.6. The predicted molar refractivity (Wildman–Crippen MR) is 162 cm³/mol. The molecule has 0 bridgehead atoms. The first kappa shape index (κ1) is 24.3. The molecule has 2 nitrogen and oxygen atoms in total. The Morgan fingerprint density at radius 2 is 1.46 bits per heavy atom. The van der Waals surface area contributed by atoms with Crippen LogP contribution in [0.1, 0.15) is 37.0 Å². The van der Waals surface area contributed by atoms with E-state index < -0.39 is 8.24 Å². The van der Waals surface area contributed by atoms with Crippen LogP contribution in [0.4, 0.5) is 22.7 Å². The maximum Gasteiger partial charge on any atom is 0.160 e. The van der Waals surface area contributed by atoms with Crippen molar-refractivity contribution in [3.63, 3.8) is 0 Å². The minimum absolute atomic E-state index is 0.573. The highest BCUT2D eigenvalue weighted by Gasteiger charge is 2.55. The average Bonchev–Trinajstić information content (AvgIpc) is 3.28. The number of hydrogen-bond donors (Lipinski definition) is 1. The summed E-state index contributed by atoms with van der Waals surface area (Å²) in [5, 5.41) is 3.72. The molecule has 3 aliphatic rings. The van der Waals surface area contributed by atoms with Gasteiger partial charge in [-0.1, -0.05) is 98.8 Å². The molecule has 4 atom stereocenters. The van der Waals surface area contributed by atoms with Crippen LogP contribution in [0.2, 0.25) is 18.6 Å². The molecular formula is C34H40N2Si. The van der Waals surface area contributed by atoms with Gasteiger partial charge in [-0.2, -0.15) is 0 Å². The van der Waals surface area contributed by atoms with Gasteiger partial charge in [0.2, 0.25) is 0 Å². The van der Waals surface area contributed by atoms with Crippen molar-refractivity contribution in [2.75, 3.05) is 9.88 Å². The molecule has 0 radical (unpaired) electrons. The summed E-state index contributed by atoms with van der Waals surface area (Å²) in [7, 11) is -2.04. The summed E-state index contributed by atoms with van der Waals surface area (Å²) in [6.45, 7) is 14.7. The lowest BCUT2D eigenvalue weighted by molar-refractivity contribution is 0.379. The van der Waals surface area contributed by atoms with E-state index in [0.717, 1.165) is 0 Å². The van der Waals surface area contributed by atoms with Crippen LogP contribution in [-0.2, 0) is 0 Å². The fraction of sp³-hybridized carbons (Fsp3) is 0.353. The molecule has 6 rings (SSSR count). The summed E-state index contributed by atoms with van der Waals surface area (Å²) in [6.07, 6.45) is 8.63.